The fraction of sp³-hybridized carbons (Fsp3) is 0.945. The number of unbranched alkanes of at least 4 members (excludes halogenated alkanes) is 37. The number of esters is 3. The highest BCUT2D eigenvalue weighted by molar-refractivity contribution is 5.71. The quantitative estimate of drug-likeness (QED) is 0.0344. The van der Waals surface area contributed by atoms with Crippen molar-refractivity contribution in [2.45, 2.75) is 316 Å². The molecule has 61 heavy (non-hydrogen) atoms. The Kier molecular flexibility index (Phi) is 48.1. The van der Waals surface area contributed by atoms with Crippen molar-refractivity contribution in [3.8, 4) is 0 Å². The minimum atomic E-state index is -0.760. The van der Waals surface area contributed by atoms with Gasteiger partial charge in [-0.15, -0.1) is 0 Å². The van der Waals surface area contributed by atoms with Crippen LogP contribution in [0.3, 0.4) is 0 Å². The van der Waals surface area contributed by atoms with E-state index in [0.717, 1.165) is 63.7 Å². The molecule has 0 aromatic heterocycles. The van der Waals surface area contributed by atoms with Crippen molar-refractivity contribution in [1.82, 2.24) is 0 Å². The Morgan fingerprint density at radius 1 is 0.311 bits per heavy atom. The zero-order valence-corrected chi connectivity index (χ0v) is 41.6. The van der Waals surface area contributed by atoms with Gasteiger partial charge in [-0.3, -0.25) is 14.4 Å². The first-order valence-electron chi connectivity index (χ1n) is 27.4. The summed E-state index contributed by atoms with van der Waals surface area (Å²) in [5, 5.41) is 0. The maximum absolute atomic E-state index is 12.8. The van der Waals surface area contributed by atoms with Crippen LogP contribution in [0.1, 0.15) is 310 Å². The molecule has 0 unspecified atom stereocenters. The summed E-state index contributed by atoms with van der Waals surface area (Å²) in [6.45, 7) is 9.04. The number of ether oxygens (including phenoxy) is 3. The third-order valence-corrected chi connectivity index (χ3v) is 12.5. The Morgan fingerprint density at radius 2 is 0.541 bits per heavy atom. The van der Waals surface area contributed by atoms with Gasteiger partial charge in [0.25, 0.3) is 0 Å². The lowest BCUT2D eigenvalue weighted by molar-refractivity contribution is -0.167. The highest BCUT2D eigenvalue weighted by Crippen LogP contribution is 2.17. The monoisotopic (exact) mass is 863 g/mol. The Hall–Kier alpha value is -1.59. The summed E-state index contributed by atoms with van der Waals surface area (Å²) in [5.41, 5.74) is 0. The summed E-state index contributed by atoms with van der Waals surface area (Å²) in [4.78, 5) is 37.9. The van der Waals surface area contributed by atoms with E-state index in [9.17, 15) is 14.4 Å². The van der Waals surface area contributed by atoms with Crippen molar-refractivity contribution < 1.29 is 28.6 Å². The minimum absolute atomic E-state index is 0.0623. The van der Waals surface area contributed by atoms with Crippen LogP contribution < -0.4 is 0 Å². The Balaban J connectivity index is 4.18. The Bertz CT molecular complexity index is 918. The zero-order valence-electron chi connectivity index (χ0n) is 41.6. The first-order valence-corrected chi connectivity index (χ1v) is 27.4. The average molecular weight is 863 g/mol. The maximum Gasteiger partial charge on any atom is 0.306 e. The highest BCUT2D eigenvalue weighted by Gasteiger charge is 2.19. The van der Waals surface area contributed by atoms with Crippen molar-refractivity contribution in [3.05, 3.63) is 0 Å². The fourth-order valence-electron chi connectivity index (χ4n) is 8.39. The van der Waals surface area contributed by atoms with Gasteiger partial charge in [0.05, 0.1) is 0 Å². The van der Waals surface area contributed by atoms with Crippen molar-refractivity contribution in [2.75, 3.05) is 13.2 Å². The highest BCUT2D eigenvalue weighted by atomic mass is 16.6. The molecule has 0 aliphatic carbocycles. The van der Waals surface area contributed by atoms with Gasteiger partial charge in [-0.25, -0.2) is 0 Å². The second-order valence-corrected chi connectivity index (χ2v) is 19.3. The van der Waals surface area contributed by atoms with Gasteiger partial charge in [-0.1, -0.05) is 272 Å². The molecule has 0 fully saturated rings. The van der Waals surface area contributed by atoms with Crippen molar-refractivity contribution >= 4 is 17.9 Å². The van der Waals surface area contributed by atoms with Crippen LogP contribution in [-0.2, 0) is 28.6 Å². The molecule has 362 valence electrons. The van der Waals surface area contributed by atoms with E-state index >= 15 is 0 Å². The number of carbonyl (C=O) groups excluding carboxylic acids is 3. The molecular weight excluding hydrogens is 757 g/mol. The lowest BCUT2D eigenvalue weighted by Gasteiger charge is -2.18. The molecule has 6 nitrogen and oxygen atoms in total. The Morgan fingerprint density at radius 3 is 0.803 bits per heavy atom. The van der Waals surface area contributed by atoms with E-state index in [4.69, 9.17) is 14.2 Å². The van der Waals surface area contributed by atoms with E-state index in [-0.39, 0.29) is 31.1 Å². The lowest BCUT2D eigenvalue weighted by atomic mass is 10.0. The van der Waals surface area contributed by atoms with Crippen LogP contribution in [-0.4, -0.2) is 37.2 Å². The average Bonchev–Trinajstić information content (AvgIpc) is 3.24. The topological polar surface area (TPSA) is 78.9 Å². The van der Waals surface area contributed by atoms with Gasteiger partial charge in [0.2, 0.25) is 0 Å². The molecule has 0 aromatic rings. The molecule has 0 heterocycles. The lowest BCUT2D eigenvalue weighted by Crippen LogP contribution is -2.30. The molecule has 6 heteroatoms. The molecule has 1 atom stereocenters. The molecule has 0 spiro atoms. The molecule has 0 amide bonds. The van der Waals surface area contributed by atoms with Crippen molar-refractivity contribution in [3.63, 3.8) is 0 Å². The molecule has 0 aromatic carbocycles. The first kappa shape index (κ1) is 59.4. The van der Waals surface area contributed by atoms with Crippen LogP contribution >= 0.6 is 0 Å². The predicted molar refractivity (Wildman–Crippen MR) is 261 cm³/mol. The van der Waals surface area contributed by atoms with E-state index in [1.54, 1.807) is 0 Å². The Labute approximate surface area is 380 Å². The van der Waals surface area contributed by atoms with Gasteiger partial charge in [-0.2, -0.15) is 0 Å². The summed E-state index contributed by atoms with van der Waals surface area (Å²) < 4.78 is 16.8. The van der Waals surface area contributed by atoms with Crippen LogP contribution in [0.15, 0.2) is 0 Å². The molecule has 0 saturated heterocycles. The maximum atomic E-state index is 12.8. The van der Waals surface area contributed by atoms with Crippen molar-refractivity contribution in [2.24, 2.45) is 5.92 Å². The second-order valence-electron chi connectivity index (χ2n) is 19.3. The van der Waals surface area contributed by atoms with Crippen LogP contribution in [0.5, 0.6) is 0 Å². The first-order chi connectivity index (χ1) is 29.9. The van der Waals surface area contributed by atoms with E-state index in [0.29, 0.717) is 19.3 Å². The van der Waals surface area contributed by atoms with Gasteiger partial charge < -0.3 is 14.2 Å². The van der Waals surface area contributed by atoms with E-state index in [1.165, 1.54) is 205 Å². The number of hydrogen-bond donors (Lipinski definition) is 0. The third-order valence-electron chi connectivity index (χ3n) is 12.5. The summed E-state index contributed by atoms with van der Waals surface area (Å²) in [6.07, 6.45) is 52.4. The fourth-order valence-corrected chi connectivity index (χ4v) is 8.39. The van der Waals surface area contributed by atoms with Gasteiger partial charge in [0.15, 0.2) is 6.10 Å². The molecule has 0 rings (SSSR count). The van der Waals surface area contributed by atoms with Gasteiger partial charge in [-0.05, 0) is 25.2 Å². The molecular formula is C55H106O6. The SMILES string of the molecule is CCCCCCCCCCCCCCC(=O)O[C@H](COC(=O)CCCCCCCCCCCC)COC(=O)CCCCCCCCCCCCCCCCCCCCC(C)C. The minimum Gasteiger partial charge on any atom is -0.462 e. The van der Waals surface area contributed by atoms with Crippen LogP contribution in [0.4, 0.5) is 0 Å². The summed E-state index contributed by atoms with van der Waals surface area (Å²) in [5.74, 6) is 0.0168. The molecule has 0 aliphatic rings. The van der Waals surface area contributed by atoms with Crippen LogP contribution in [0.2, 0.25) is 0 Å². The van der Waals surface area contributed by atoms with Crippen LogP contribution in [0, 0.1) is 5.92 Å². The summed E-state index contributed by atoms with van der Waals surface area (Å²) in [7, 11) is 0. The summed E-state index contributed by atoms with van der Waals surface area (Å²) >= 11 is 0. The van der Waals surface area contributed by atoms with Crippen LogP contribution in [0.25, 0.3) is 0 Å². The molecule has 0 bridgehead atoms. The molecule has 0 radical (unpaired) electrons. The smallest absolute Gasteiger partial charge is 0.306 e. The van der Waals surface area contributed by atoms with Gasteiger partial charge >= 0.3 is 17.9 Å². The largest absolute Gasteiger partial charge is 0.462 e. The van der Waals surface area contributed by atoms with E-state index in [1.807, 2.05) is 0 Å². The third kappa shape index (κ3) is 49.3. The number of rotatable bonds is 50. The molecule has 0 aliphatic heterocycles. The second kappa shape index (κ2) is 49.4. The van der Waals surface area contributed by atoms with Crippen molar-refractivity contribution in [1.29, 1.82) is 0 Å². The van der Waals surface area contributed by atoms with Gasteiger partial charge in [0.1, 0.15) is 13.2 Å². The number of carbonyl (C=O) groups is 3. The number of hydrogen-bond acceptors (Lipinski definition) is 6. The van der Waals surface area contributed by atoms with E-state index in [2.05, 4.69) is 27.7 Å². The predicted octanol–water partition coefficient (Wildman–Crippen LogP) is 17.8. The normalized spacial score (nSPS) is 12.0. The summed E-state index contributed by atoms with van der Waals surface area (Å²) in [6, 6.07) is 0. The molecule has 0 N–H and O–H groups in total. The molecule has 0 saturated carbocycles. The standard InChI is InChI=1S/C55H106O6/c1-5-7-9-11-13-15-17-27-32-36-40-44-48-55(58)61-52(49-59-53(56)46-42-38-34-30-16-14-12-10-8-6-2)50-60-54(57)47-43-39-35-31-28-25-23-21-19-18-20-22-24-26-29-33-37-41-45-51(3)4/h51-52H,5-50H2,1-4H3/t52-/m1/s1. The van der Waals surface area contributed by atoms with E-state index < -0.39 is 6.10 Å². The zero-order chi connectivity index (χ0) is 44.5. The van der Waals surface area contributed by atoms with Gasteiger partial charge in [0, 0.05) is 19.3 Å².